The number of aryl methyl sites for hydroxylation is 1. The highest BCUT2D eigenvalue weighted by Gasteiger charge is 2.15. The van der Waals surface area contributed by atoms with E-state index >= 15 is 0 Å². The molecule has 0 atom stereocenters. The van der Waals surface area contributed by atoms with Gasteiger partial charge in [-0.05, 0) is 43.5 Å². The molecule has 5 heteroatoms. The molecule has 0 saturated carbocycles. The minimum absolute atomic E-state index is 0.558. The van der Waals surface area contributed by atoms with Gasteiger partial charge in [0.25, 0.3) is 0 Å². The Bertz CT molecular complexity index is 575. The molecule has 3 N–H and O–H groups in total. The second-order valence-electron chi connectivity index (χ2n) is 4.27. The maximum absolute atomic E-state index is 7.90. The highest BCUT2D eigenvalue weighted by Crippen LogP contribution is 2.30. The fourth-order valence-electron chi connectivity index (χ4n) is 1.98. The average Bonchev–Trinajstić information content (AvgIpc) is 2.67. The van der Waals surface area contributed by atoms with Crippen LogP contribution < -0.4 is 10.9 Å². The van der Waals surface area contributed by atoms with E-state index in [4.69, 9.17) is 5.41 Å². The van der Waals surface area contributed by atoms with Gasteiger partial charge in [0.2, 0.25) is 0 Å². The van der Waals surface area contributed by atoms with E-state index in [-0.39, 0.29) is 0 Å². The number of nitrogens with one attached hydrogen (secondary N) is 3. The Hall–Kier alpha value is -1.72. The molecule has 1 heterocycles. The fourth-order valence-corrected chi connectivity index (χ4v) is 2.92. The number of nitrogens with zero attached hydrogens (tertiary/aromatic N) is 1. The number of anilines is 1. The molecule has 2 rings (SSSR count). The summed E-state index contributed by atoms with van der Waals surface area (Å²) >= 11 is 1.62. The Kier molecular flexibility index (Phi) is 4.29. The summed E-state index contributed by atoms with van der Waals surface area (Å²) in [6.45, 7) is 3.83. The first-order valence-electron chi connectivity index (χ1n) is 6.07. The minimum atomic E-state index is 0.558. The van der Waals surface area contributed by atoms with E-state index in [1.807, 2.05) is 38.4 Å². The van der Waals surface area contributed by atoms with Crippen LogP contribution in [0.15, 0.2) is 41.4 Å². The van der Waals surface area contributed by atoms with Gasteiger partial charge in [-0.2, -0.15) is 0 Å². The van der Waals surface area contributed by atoms with Crippen LogP contribution in [-0.4, -0.2) is 16.7 Å². The van der Waals surface area contributed by atoms with E-state index < -0.39 is 0 Å². The maximum Gasteiger partial charge on any atom is 0.140 e. The highest BCUT2D eigenvalue weighted by atomic mass is 32.2. The average molecular weight is 274 g/mol. The molecule has 0 unspecified atom stereocenters. The van der Waals surface area contributed by atoms with Crippen molar-refractivity contribution in [1.29, 1.82) is 5.41 Å². The number of benzene rings is 1. The van der Waals surface area contributed by atoms with Crippen molar-refractivity contribution in [3.05, 3.63) is 47.7 Å². The van der Waals surface area contributed by atoms with Gasteiger partial charge < -0.3 is 10.8 Å². The molecule has 1 aromatic heterocycles. The van der Waals surface area contributed by atoms with Crippen LogP contribution in [0.1, 0.15) is 18.1 Å². The van der Waals surface area contributed by atoms with Crippen molar-refractivity contribution in [1.82, 2.24) is 9.40 Å². The number of rotatable bonds is 5. The first-order valence-corrected chi connectivity index (χ1v) is 6.84. The first-order chi connectivity index (χ1) is 9.13. The minimum Gasteiger partial charge on any atom is -0.306 e. The Labute approximate surface area is 117 Å². The van der Waals surface area contributed by atoms with E-state index in [0.29, 0.717) is 5.71 Å². The molecule has 0 bridgehead atoms. The molecule has 0 amide bonds. The molecule has 4 nitrogen and oxygen atoms in total. The van der Waals surface area contributed by atoms with Gasteiger partial charge >= 0.3 is 0 Å². The molecule has 1 aromatic carbocycles. The number of hydrazine groups is 1. The quantitative estimate of drug-likeness (QED) is 0.579. The van der Waals surface area contributed by atoms with E-state index in [0.717, 1.165) is 21.8 Å². The van der Waals surface area contributed by atoms with Gasteiger partial charge in [-0.1, -0.05) is 18.2 Å². The monoisotopic (exact) mass is 274 g/mol. The van der Waals surface area contributed by atoms with Crippen LogP contribution in [0.25, 0.3) is 0 Å². The highest BCUT2D eigenvalue weighted by molar-refractivity contribution is 7.98. The Morgan fingerprint density at radius 2 is 1.95 bits per heavy atom. The summed E-state index contributed by atoms with van der Waals surface area (Å²) in [7, 11) is 1.82. The van der Waals surface area contributed by atoms with Gasteiger partial charge in [0.05, 0.1) is 0 Å². The zero-order chi connectivity index (χ0) is 13.8. The van der Waals surface area contributed by atoms with Crippen molar-refractivity contribution in [3.8, 4) is 0 Å². The Morgan fingerprint density at radius 1 is 1.26 bits per heavy atom. The molecule has 0 fully saturated rings. The summed E-state index contributed by atoms with van der Waals surface area (Å²) in [5, 5.41) is 7.90. The van der Waals surface area contributed by atoms with Crippen LogP contribution in [0.4, 0.5) is 5.82 Å². The summed E-state index contributed by atoms with van der Waals surface area (Å²) in [6.07, 6.45) is 2.05. The van der Waals surface area contributed by atoms with Crippen molar-refractivity contribution in [2.24, 2.45) is 0 Å². The molecular weight excluding hydrogens is 256 g/mol. The summed E-state index contributed by atoms with van der Waals surface area (Å²) in [4.78, 5) is 1.16. The topological polar surface area (TPSA) is 52.8 Å². The number of hydrogen-bond acceptors (Lipinski definition) is 4. The molecule has 0 aliphatic heterocycles. The van der Waals surface area contributed by atoms with Gasteiger partial charge in [0, 0.05) is 29.4 Å². The van der Waals surface area contributed by atoms with Gasteiger partial charge in [0.15, 0.2) is 0 Å². The summed E-state index contributed by atoms with van der Waals surface area (Å²) in [5.41, 5.74) is 8.65. The van der Waals surface area contributed by atoms with Gasteiger partial charge in [0.1, 0.15) is 5.82 Å². The van der Waals surface area contributed by atoms with Gasteiger partial charge in [-0.15, -0.1) is 0 Å². The van der Waals surface area contributed by atoms with Gasteiger partial charge in [-0.3, -0.25) is 3.97 Å². The lowest BCUT2D eigenvalue weighted by molar-refractivity contribution is 0.961. The van der Waals surface area contributed by atoms with Crippen LogP contribution in [0.3, 0.4) is 0 Å². The largest absolute Gasteiger partial charge is 0.306 e. The third-order valence-corrected chi connectivity index (χ3v) is 3.70. The Balaban J connectivity index is 2.40. The predicted octanol–water partition coefficient (Wildman–Crippen LogP) is 3.29. The molecular formula is C14H18N4S. The molecule has 100 valence electrons. The second kappa shape index (κ2) is 5.95. The van der Waals surface area contributed by atoms with E-state index in [1.165, 1.54) is 0 Å². The van der Waals surface area contributed by atoms with Crippen LogP contribution in [0, 0.1) is 12.3 Å². The standard InChI is InChI=1S/C14H18N4S/c1-10-9-18(19-12-7-5-4-6-8-12)14(17-16-3)13(10)11(2)15/h4-9,15-17H,1-3H3. The van der Waals surface area contributed by atoms with Crippen LogP contribution in [-0.2, 0) is 0 Å². The Morgan fingerprint density at radius 3 is 2.53 bits per heavy atom. The predicted molar refractivity (Wildman–Crippen MR) is 82.1 cm³/mol. The zero-order valence-electron chi connectivity index (χ0n) is 11.3. The third kappa shape index (κ3) is 3.00. The first kappa shape index (κ1) is 13.7. The molecule has 0 saturated heterocycles. The molecule has 0 spiro atoms. The van der Waals surface area contributed by atoms with Crippen molar-refractivity contribution in [2.45, 2.75) is 18.7 Å². The van der Waals surface area contributed by atoms with Gasteiger partial charge in [-0.25, -0.2) is 5.43 Å². The normalized spacial score (nSPS) is 10.5. The summed E-state index contributed by atoms with van der Waals surface area (Å²) in [5.74, 6) is 0.904. The second-order valence-corrected chi connectivity index (χ2v) is 5.31. The zero-order valence-corrected chi connectivity index (χ0v) is 12.1. The van der Waals surface area contributed by atoms with Crippen LogP contribution >= 0.6 is 11.9 Å². The van der Waals surface area contributed by atoms with Crippen molar-refractivity contribution >= 4 is 23.5 Å². The van der Waals surface area contributed by atoms with Crippen LogP contribution in [0.2, 0.25) is 0 Å². The van der Waals surface area contributed by atoms with Crippen molar-refractivity contribution in [3.63, 3.8) is 0 Å². The van der Waals surface area contributed by atoms with Crippen molar-refractivity contribution in [2.75, 3.05) is 12.5 Å². The molecule has 2 aromatic rings. The molecule has 0 aliphatic rings. The summed E-state index contributed by atoms with van der Waals surface area (Å²) in [6, 6.07) is 10.2. The third-order valence-electron chi connectivity index (χ3n) is 2.73. The SMILES string of the molecule is CNNc1c(C(C)=N)c(C)cn1Sc1ccccc1. The number of hydrogen-bond donors (Lipinski definition) is 3. The molecule has 0 aliphatic carbocycles. The molecule has 19 heavy (non-hydrogen) atoms. The van der Waals surface area contributed by atoms with E-state index in [9.17, 15) is 0 Å². The van der Waals surface area contributed by atoms with Crippen LogP contribution in [0.5, 0.6) is 0 Å². The number of aromatic nitrogens is 1. The van der Waals surface area contributed by atoms with E-state index in [2.05, 4.69) is 27.0 Å². The lowest BCUT2D eigenvalue weighted by Crippen LogP contribution is -2.18. The maximum atomic E-state index is 7.90. The fraction of sp³-hybridized carbons (Fsp3) is 0.214. The van der Waals surface area contributed by atoms with Crippen molar-refractivity contribution < 1.29 is 0 Å². The lowest BCUT2D eigenvalue weighted by atomic mass is 10.1. The smallest absolute Gasteiger partial charge is 0.140 e. The van der Waals surface area contributed by atoms with E-state index in [1.54, 1.807) is 18.9 Å². The summed E-state index contributed by atoms with van der Waals surface area (Å²) < 4.78 is 2.05. The lowest BCUT2D eigenvalue weighted by Gasteiger charge is -2.11. The molecule has 0 radical (unpaired) electrons.